The highest BCUT2D eigenvalue weighted by molar-refractivity contribution is 7.99. The summed E-state index contributed by atoms with van der Waals surface area (Å²) >= 11 is 13.4. The van der Waals surface area contributed by atoms with Gasteiger partial charge >= 0.3 is 0 Å². The van der Waals surface area contributed by atoms with Gasteiger partial charge < -0.3 is 5.32 Å². The number of carbonyl (C=O) groups excluding carboxylic acids is 1. The first-order valence-electron chi connectivity index (χ1n) is 8.75. The molecule has 0 aliphatic heterocycles. The molecule has 0 fully saturated rings. The van der Waals surface area contributed by atoms with E-state index in [1.807, 2.05) is 35.8 Å². The lowest BCUT2D eigenvalue weighted by Gasteiger charge is -2.09. The highest BCUT2D eigenvalue weighted by Gasteiger charge is 2.16. The Morgan fingerprint density at radius 1 is 1.24 bits per heavy atom. The summed E-state index contributed by atoms with van der Waals surface area (Å²) in [7, 11) is 0. The third kappa shape index (κ3) is 5.18. The first-order valence-corrected chi connectivity index (χ1v) is 10.5. The predicted molar refractivity (Wildman–Crippen MR) is 119 cm³/mol. The van der Waals surface area contributed by atoms with Crippen molar-refractivity contribution in [2.24, 2.45) is 0 Å². The molecule has 2 aromatic heterocycles. The zero-order valence-corrected chi connectivity index (χ0v) is 18.3. The molecule has 1 N–H and O–H groups in total. The van der Waals surface area contributed by atoms with Crippen LogP contribution in [0.2, 0.25) is 10.0 Å². The number of rotatable bonds is 7. The summed E-state index contributed by atoms with van der Waals surface area (Å²) in [5.74, 6) is 0.890. The lowest BCUT2D eigenvalue weighted by atomic mass is 10.1. The quantitative estimate of drug-likeness (QED) is 0.398. The van der Waals surface area contributed by atoms with E-state index >= 15 is 0 Å². The molecule has 1 amide bonds. The third-order valence-corrected chi connectivity index (χ3v) is 5.64. The van der Waals surface area contributed by atoms with Crippen LogP contribution in [0.3, 0.4) is 0 Å². The van der Waals surface area contributed by atoms with Crippen LogP contribution < -0.4 is 5.32 Å². The van der Waals surface area contributed by atoms with Crippen molar-refractivity contribution in [2.45, 2.75) is 25.5 Å². The molecular weight excluding hydrogens is 429 g/mol. The average molecular weight is 448 g/mol. The number of benzene rings is 1. The van der Waals surface area contributed by atoms with Crippen LogP contribution in [0.1, 0.15) is 11.3 Å². The number of nitrogens with one attached hydrogen (secondary N) is 1. The highest BCUT2D eigenvalue weighted by atomic mass is 35.5. The highest BCUT2D eigenvalue weighted by Crippen LogP contribution is 2.27. The van der Waals surface area contributed by atoms with Gasteiger partial charge in [0.1, 0.15) is 0 Å². The minimum absolute atomic E-state index is 0.128. The summed E-state index contributed by atoms with van der Waals surface area (Å²) in [6, 6.07) is 9.58. The zero-order valence-electron chi connectivity index (χ0n) is 15.9. The van der Waals surface area contributed by atoms with Crippen LogP contribution in [0.5, 0.6) is 0 Å². The average Bonchev–Trinajstić information content (AvgIpc) is 3.07. The monoisotopic (exact) mass is 447 g/mol. The van der Waals surface area contributed by atoms with E-state index in [1.54, 1.807) is 19.1 Å². The number of amides is 1. The van der Waals surface area contributed by atoms with Gasteiger partial charge in [-0.3, -0.25) is 9.36 Å². The maximum atomic E-state index is 12.4. The first-order chi connectivity index (χ1) is 13.9. The summed E-state index contributed by atoms with van der Waals surface area (Å²) in [4.78, 5) is 16.6. The van der Waals surface area contributed by atoms with E-state index < -0.39 is 0 Å². The SMILES string of the molecule is C=CCn1c(SCC(=O)Nc2nc(C)c(Cl)cc2Cl)nnc1-c1cccc(C)c1. The smallest absolute Gasteiger partial charge is 0.236 e. The number of hydrogen-bond acceptors (Lipinski definition) is 5. The molecule has 3 aromatic rings. The fourth-order valence-electron chi connectivity index (χ4n) is 2.63. The van der Waals surface area contributed by atoms with Gasteiger partial charge in [-0.2, -0.15) is 0 Å². The van der Waals surface area contributed by atoms with Crippen LogP contribution in [0, 0.1) is 13.8 Å². The molecule has 0 aliphatic carbocycles. The van der Waals surface area contributed by atoms with E-state index in [0.717, 1.165) is 17.0 Å². The number of pyridine rings is 1. The number of anilines is 1. The summed E-state index contributed by atoms with van der Waals surface area (Å²) in [6.07, 6.45) is 1.77. The lowest BCUT2D eigenvalue weighted by Crippen LogP contribution is -2.16. The van der Waals surface area contributed by atoms with E-state index in [-0.39, 0.29) is 22.5 Å². The van der Waals surface area contributed by atoms with E-state index in [9.17, 15) is 4.79 Å². The number of aromatic nitrogens is 4. The molecule has 0 saturated heterocycles. The predicted octanol–water partition coefficient (Wildman–Crippen LogP) is 5.18. The Labute approximate surface area is 183 Å². The molecule has 0 aliphatic rings. The van der Waals surface area contributed by atoms with E-state index in [1.165, 1.54) is 11.8 Å². The Hall–Kier alpha value is -2.35. The van der Waals surface area contributed by atoms with Crippen LogP contribution in [0.4, 0.5) is 5.82 Å². The van der Waals surface area contributed by atoms with Gasteiger partial charge in [0.25, 0.3) is 0 Å². The Kier molecular flexibility index (Phi) is 6.95. The summed E-state index contributed by atoms with van der Waals surface area (Å²) < 4.78 is 1.93. The van der Waals surface area contributed by atoms with Gasteiger partial charge in [0.15, 0.2) is 16.8 Å². The van der Waals surface area contributed by atoms with Gasteiger partial charge in [-0.05, 0) is 26.0 Å². The van der Waals surface area contributed by atoms with Gasteiger partial charge in [-0.15, -0.1) is 16.8 Å². The first kappa shape index (κ1) is 21.4. The van der Waals surface area contributed by atoms with Gasteiger partial charge in [-0.25, -0.2) is 4.98 Å². The van der Waals surface area contributed by atoms with Crippen molar-refractivity contribution in [1.29, 1.82) is 0 Å². The standard InChI is InChI=1S/C20H19Cl2N5OS/c1-4-8-27-19(14-7-5-6-12(2)9-14)25-26-20(27)29-11-17(28)24-18-16(22)10-15(21)13(3)23-18/h4-7,9-10H,1,8,11H2,2-3H3,(H,23,24,28). The second-order valence-electron chi connectivity index (χ2n) is 6.30. The second kappa shape index (κ2) is 9.43. The Balaban J connectivity index is 1.74. The second-order valence-corrected chi connectivity index (χ2v) is 8.05. The molecule has 2 heterocycles. The third-order valence-electron chi connectivity index (χ3n) is 4.00. The molecule has 29 heavy (non-hydrogen) atoms. The number of carbonyl (C=O) groups is 1. The maximum Gasteiger partial charge on any atom is 0.236 e. The molecule has 0 bridgehead atoms. The van der Waals surface area contributed by atoms with Crippen LogP contribution in [-0.2, 0) is 11.3 Å². The minimum Gasteiger partial charge on any atom is -0.309 e. The van der Waals surface area contributed by atoms with Gasteiger partial charge in [0, 0.05) is 12.1 Å². The van der Waals surface area contributed by atoms with E-state index in [2.05, 4.69) is 27.1 Å². The number of halogens is 2. The Bertz CT molecular complexity index is 1070. The largest absolute Gasteiger partial charge is 0.309 e. The maximum absolute atomic E-state index is 12.4. The van der Waals surface area contributed by atoms with Crippen molar-refractivity contribution in [3.8, 4) is 11.4 Å². The summed E-state index contributed by atoms with van der Waals surface area (Å²) in [5, 5.41) is 12.6. The van der Waals surface area contributed by atoms with Crippen LogP contribution >= 0.6 is 35.0 Å². The minimum atomic E-state index is -0.253. The molecule has 0 saturated carbocycles. The topological polar surface area (TPSA) is 72.7 Å². The van der Waals surface area contributed by atoms with Crippen LogP contribution in [0.15, 0.2) is 48.1 Å². The molecule has 0 unspecified atom stereocenters. The number of thioether (sulfide) groups is 1. The lowest BCUT2D eigenvalue weighted by molar-refractivity contribution is -0.113. The molecular formula is C20H19Cl2N5OS. The van der Waals surface area contributed by atoms with Crippen molar-refractivity contribution in [1.82, 2.24) is 19.7 Å². The number of aryl methyl sites for hydroxylation is 2. The zero-order chi connectivity index (χ0) is 21.0. The van der Waals surface area contributed by atoms with Crippen molar-refractivity contribution < 1.29 is 4.79 Å². The molecule has 9 heteroatoms. The normalized spacial score (nSPS) is 10.8. The Morgan fingerprint density at radius 3 is 2.76 bits per heavy atom. The summed E-state index contributed by atoms with van der Waals surface area (Å²) in [6.45, 7) is 8.11. The van der Waals surface area contributed by atoms with Crippen molar-refractivity contribution in [3.63, 3.8) is 0 Å². The van der Waals surface area contributed by atoms with Gasteiger partial charge in [-0.1, -0.05) is 64.8 Å². The number of allylic oxidation sites excluding steroid dienone is 1. The molecule has 0 spiro atoms. The fraction of sp³-hybridized carbons (Fsp3) is 0.200. The summed E-state index contributed by atoms with van der Waals surface area (Å²) in [5.41, 5.74) is 2.68. The van der Waals surface area contributed by atoms with Crippen molar-refractivity contribution in [3.05, 3.63) is 64.3 Å². The van der Waals surface area contributed by atoms with Gasteiger partial charge in [0.2, 0.25) is 5.91 Å². The fourth-order valence-corrected chi connectivity index (χ4v) is 3.78. The molecule has 0 atom stereocenters. The molecule has 6 nitrogen and oxygen atoms in total. The van der Waals surface area contributed by atoms with E-state index in [4.69, 9.17) is 23.2 Å². The molecule has 3 rings (SSSR count). The van der Waals surface area contributed by atoms with Crippen molar-refractivity contribution in [2.75, 3.05) is 11.1 Å². The van der Waals surface area contributed by atoms with Crippen molar-refractivity contribution >= 4 is 46.7 Å². The number of nitrogens with zero attached hydrogens (tertiary/aromatic N) is 4. The molecule has 1 aromatic carbocycles. The number of hydrogen-bond donors (Lipinski definition) is 1. The molecule has 150 valence electrons. The molecule has 0 radical (unpaired) electrons. The van der Waals surface area contributed by atoms with Gasteiger partial charge in [0.05, 0.1) is 21.5 Å². The van der Waals surface area contributed by atoms with Crippen LogP contribution in [0.25, 0.3) is 11.4 Å². The van der Waals surface area contributed by atoms with E-state index in [0.29, 0.717) is 22.4 Å². The van der Waals surface area contributed by atoms with Crippen LogP contribution in [-0.4, -0.2) is 31.4 Å². The Morgan fingerprint density at radius 2 is 2.03 bits per heavy atom.